The number of carbonyl (C=O) groups is 1. The van der Waals surface area contributed by atoms with E-state index in [1.807, 2.05) is 62.4 Å². The summed E-state index contributed by atoms with van der Waals surface area (Å²) in [5.74, 6) is 1.74. The molecule has 5 nitrogen and oxygen atoms in total. The normalized spacial score (nSPS) is 10.5. The Bertz CT molecular complexity index is 863. The van der Waals surface area contributed by atoms with Crippen LogP contribution in [0.4, 0.5) is 5.69 Å². The van der Waals surface area contributed by atoms with Gasteiger partial charge in [0.1, 0.15) is 16.5 Å². The van der Waals surface area contributed by atoms with Crippen LogP contribution in [0, 0.1) is 13.8 Å². The van der Waals surface area contributed by atoms with Crippen molar-refractivity contribution >= 4 is 34.7 Å². The van der Waals surface area contributed by atoms with Crippen LogP contribution in [0.5, 0.6) is 11.5 Å². The fraction of sp³-hybridized carbons (Fsp3) is 0.167. The zero-order valence-electron chi connectivity index (χ0n) is 13.9. The smallest absolute Gasteiger partial charge is 0.234 e. The molecular weight excluding hydrogens is 354 g/mol. The Kier molecular flexibility index (Phi) is 5.67. The lowest BCUT2D eigenvalue weighted by Crippen LogP contribution is -2.13. The first-order chi connectivity index (χ1) is 12.1. The summed E-state index contributed by atoms with van der Waals surface area (Å²) in [6, 6.07) is 15.2. The minimum Gasteiger partial charge on any atom is -0.457 e. The molecule has 7 heteroatoms. The summed E-state index contributed by atoms with van der Waals surface area (Å²) in [5.41, 5.74) is 1.88. The summed E-state index contributed by atoms with van der Waals surface area (Å²) in [6.07, 6.45) is 0. The van der Waals surface area contributed by atoms with Crippen molar-refractivity contribution < 1.29 is 9.53 Å². The molecular formula is C18H17N3O2S2. The third-order valence-electron chi connectivity index (χ3n) is 3.20. The van der Waals surface area contributed by atoms with Gasteiger partial charge < -0.3 is 10.1 Å². The van der Waals surface area contributed by atoms with Gasteiger partial charge in [-0.15, -0.1) is 10.2 Å². The summed E-state index contributed by atoms with van der Waals surface area (Å²) in [7, 11) is 0. The monoisotopic (exact) mass is 371 g/mol. The van der Waals surface area contributed by atoms with Crippen molar-refractivity contribution in [2.24, 2.45) is 0 Å². The number of ether oxygens (including phenoxy) is 1. The van der Waals surface area contributed by atoms with E-state index in [1.165, 1.54) is 23.1 Å². The van der Waals surface area contributed by atoms with Gasteiger partial charge in [0.05, 0.1) is 5.75 Å². The number of hydrogen-bond donors (Lipinski definition) is 1. The van der Waals surface area contributed by atoms with Crippen LogP contribution in [0.1, 0.15) is 10.6 Å². The highest BCUT2D eigenvalue weighted by Crippen LogP contribution is 2.24. The van der Waals surface area contributed by atoms with Crippen molar-refractivity contribution in [3.63, 3.8) is 0 Å². The molecule has 3 aromatic rings. The molecule has 1 aromatic heterocycles. The third-order valence-corrected chi connectivity index (χ3v) is 5.17. The minimum absolute atomic E-state index is 0.0785. The van der Waals surface area contributed by atoms with Gasteiger partial charge >= 0.3 is 0 Å². The molecule has 1 heterocycles. The van der Waals surface area contributed by atoms with Crippen molar-refractivity contribution in [1.29, 1.82) is 0 Å². The van der Waals surface area contributed by atoms with Crippen LogP contribution in [0.15, 0.2) is 52.9 Å². The van der Waals surface area contributed by atoms with E-state index in [2.05, 4.69) is 15.5 Å². The number of amides is 1. The van der Waals surface area contributed by atoms with Gasteiger partial charge in [-0.25, -0.2) is 0 Å². The molecule has 3 rings (SSSR count). The quantitative estimate of drug-likeness (QED) is 0.638. The lowest BCUT2D eigenvalue weighted by Gasteiger charge is -2.08. The number of nitrogens with one attached hydrogen (secondary N) is 1. The third kappa shape index (κ3) is 5.30. The molecule has 0 saturated heterocycles. The highest BCUT2D eigenvalue weighted by atomic mass is 32.2. The first-order valence-electron chi connectivity index (χ1n) is 7.66. The molecule has 0 aliphatic rings. The second kappa shape index (κ2) is 8.13. The Hall–Kier alpha value is -2.38. The molecule has 0 unspecified atom stereocenters. The molecule has 1 amide bonds. The molecule has 0 fully saturated rings. The van der Waals surface area contributed by atoms with Gasteiger partial charge in [0, 0.05) is 5.69 Å². The van der Waals surface area contributed by atoms with Crippen molar-refractivity contribution in [3.05, 3.63) is 59.1 Å². The predicted octanol–water partition coefficient (Wildman–Crippen LogP) is 4.68. The molecule has 0 spiro atoms. The number of hydrogen-bond acceptors (Lipinski definition) is 6. The van der Waals surface area contributed by atoms with Crippen LogP contribution in [0.3, 0.4) is 0 Å². The molecule has 0 aliphatic carbocycles. The number of aromatic nitrogens is 2. The largest absolute Gasteiger partial charge is 0.457 e. The molecule has 25 heavy (non-hydrogen) atoms. The van der Waals surface area contributed by atoms with Gasteiger partial charge in [0.15, 0.2) is 4.34 Å². The van der Waals surface area contributed by atoms with E-state index >= 15 is 0 Å². The first kappa shape index (κ1) is 17.4. The average Bonchev–Trinajstić information content (AvgIpc) is 3.00. The van der Waals surface area contributed by atoms with Crippen molar-refractivity contribution in [1.82, 2.24) is 10.2 Å². The SMILES string of the molecule is Cc1cccc(Oc2ccc(NC(=O)CSc3nnc(C)s3)cc2)c1. The van der Waals surface area contributed by atoms with Gasteiger partial charge in [0.25, 0.3) is 0 Å². The predicted molar refractivity (Wildman–Crippen MR) is 102 cm³/mol. The Balaban J connectivity index is 1.52. The van der Waals surface area contributed by atoms with Crippen molar-refractivity contribution in [2.45, 2.75) is 18.2 Å². The molecule has 0 bridgehead atoms. The molecule has 0 aliphatic heterocycles. The number of thioether (sulfide) groups is 1. The maximum absolute atomic E-state index is 12.0. The Labute approximate surface area is 154 Å². The zero-order chi connectivity index (χ0) is 17.6. The molecule has 0 saturated carbocycles. The molecule has 0 radical (unpaired) electrons. The lowest BCUT2D eigenvalue weighted by molar-refractivity contribution is -0.113. The maximum Gasteiger partial charge on any atom is 0.234 e. The Morgan fingerprint density at radius 1 is 1.12 bits per heavy atom. The standard InChI is InChI=1S/C18H17N3O2S2/c1-12-4-3-5-16(10-12)23-15-8-6-14(7-9-15)19-17(22)11-24-18-21-20-13(2)25-18/h3-10H,11H2,1-2H3,(H,19,22). The number of carbonyl (C=O) groups excluding carboxylic acids is 1. The second-order valence-corrected chi connectivity index (χ2v) is 7.77. The van der Waals surface area contributed by atoms with E-state index in [0.717, 1.165) is 32.1 Å². The van der Waals surface area contributed by atoms with Gasteiger partial charge in [-0.1, -0.05) is 35.2 Å². The van der Waals surface area contributed by atoms with Crippen LogP contribution >= 0.6 is 23.1 Å². The van der Waals surface area contributed by atoms with Crippen LogP contribution in [-0.2, 0) is 4.79 Å². The van der Waals surface area contributed by atoms with Crippen molar-refractivity contribution in [3.8, 4) is 11.5 Å². The van der Waals surface area contributed by atoms with Gasteiger partial charge in [0.2, 0.25) is 5.91 Å². The molecule has 0 atom stereocenters. The summed E-state index contributed by atoms with van der Waals surface area (Å²) in [5, 5.41) is 11.7. The molecule has 1 N–H and O–H groups in total. The Morgan fingerprint density at radius 2 is 1.92 bits per heavy atom. The summed E-state index contributed by atoms with van der Waals surface area (Å²) in [6.45, 7) is 3.91. The van der Waals surface area contributed by atoms with Crippen molar-refractivity contribution in [2.75, 3.05) is 11.1 Å². The molecule has 128 valence electrons. The highest BCUT2D eigenvalue weighted by Gasteiger charge is 2.07. The number of nitrogens with zero attached hydrogens (tertiary/aromatic N) is 2. The van der Waals surface area contributed by atoms with E-state index in [9.17, 15) is 4.79 Å². The van der Waals surface area contributed by atoms with E-state index in [0.29, 0.717) is 5.75 Å². The number of benzene rings is 2. The maximum atomic E-state index is 12.0. The zero-order valence-corrected chi connectivity index (χ0v) is 15.5. The van der Waals surface area contributed by atoms with Crippen LogP contribution in [-0.4, -0.2) is 21.9 Å². The van der Waals surface area contributed by atoms with E-state index in [1.54, 1.807) is 0 Å². The fourth-order valence-electron chi connectivity index (χ4n) is 2.08. The van der Waals surface area contributed by atoms with Gasteiger partial charge in [-0.3, -0.25) is 4.79 Å². The summed E-state index contributed by atoms with van der Waals surface area (Å²) in [4.78, 5) is 12.0. The second-order valence-electron chi connectivity index (χ2n) is 5.37. The number of rotatable bonds is 6. The number of anilines is 1. The minimum atomic E-state index is -0.0785. The highest BCUT2D eigenvalue weighted by molar-refractivity contribution is 8.01. The number of aryl methyl sites for hydroxylation is 2. The Morgan fingerprint density at radius 3 is 2.60 bits per heavy atom. The van der Waals surface area contributed by atoms with Crippen LogP contribution in [0.25, 0.3) is 0 Å². The van der Waals surface area contributed by atoms with E-state index in [4.69, 9.17) is 4.74 Å². The first-order valence-corrected chi connectivity index (χ1v) is 9.46. The summed E-state index contributed by atoms with van der Waals surface area (Å²) < 4.78 is 6.60. The topological polar surface area (TPSA) is 64.1 Å². The molecule has 2 aromatic carbocycles. The van der Waals surface area contributed by atoms with Gasteiger partial charge in [-0.05, 0) is 55.8 Å². The average molecular weight is 371 g/mol. The van der Waals surface area contributed by atoms with E-state index < -0.39 is 0 Å². The van der Waals surface area contributed by atoms with Gasteiger partial charge in [-0.2, -0.15) is 0 Å². The van der Waals surface area contributed by atoms with Crippen LogP contribution in [0.2, 0.25) is 0 Å². The van der Waals surface area contributed by atoms with E-state index in [-0.39, 0.29) is 5.91 Å². The van der Waals surface area contributed by atoms with Crippen LogP contribution < -0.4 is 10.1 Å². The lowest BCUT2D eigenvalue weighted by atomic mass is 10.2. The fourth-order valence-corrected chi connectivity index (χ4v) is 3.70. The summed E-state index contributed by atoms with van der Waals surface area (Å²) >= 11 is 2.87.